The fourth-order valence-corrected chi connectivity index (χ4v) is 0.884. The Morgan fingerprint density at radius 1 is 1.55 bits per heavy atom. The monoisotopic (exact) mass is 154 g/mol. The molecule has 3 heteroatoms. The predicted molar refractivity (Wildman–Crippen MR) is 43.3 cm³/mol. The van der Waals surface area contributed by atoms with Crippen LogP contribution in [-0.2, 0) is 11.3 Å². The Hall–Kier alpha value is -0.830. The van der Waals surface area contributed by atoms with Gasteiger partial charge < -0.3 is 9.30 Å². The first kappa shape index (κ1) is 8.27. The Morgan fingerprint density at radius 2 is 2.27 bits per heavy atom. The Labute approximate surface area is 67.0 Å². The molecule has 0 aromatic carbocycles. The van der Waals surface area contributed by atoms with Crippen molar-refractivity contribution in [3.63, 3.8) is 0 Å². The molecular weight excluding hydrogens is 140 g/mol. The number of hydrogen-bond donors (Lipinski definition) is 0. The highest BCUT2D eigenvalue weighted by atomic mass is 16.5. The summed E-state index contributed by atoms with van der Waals surface area (Å²) in [5.74, 6) is 0. The van der Waals surface area contributed by atoms with Crippen molar-refractivity contribution in [3.8, 4) is 0 Å². The van der Waals surface area contributed by atoms with Crippen molar-refractivity contribution in [2.24, 2.45) is 0 Å². The summed E-state index contributed by atoms with van der Waals surface area (Å²) in [7, 11) is 1.72. The van der Waals surface area contributed by atoms with Crippen LogP contribution in [0.25, 0.3) is 0 Å². The van der Waals surface area contributed by atoms with Crippen LogP contribution in [0.3, 0.4) is 0 Å². The molecule has 0 bridgehead atoms. The number of nitrogens with zero attached hydrogens (tertiary/aromatic N) is 2. The van der Waals surface area contributed by atoms with Gasteiger partial charge in [-0.2, -0.15) is 0 Å². The summed E-state index contributed by atoms with van der Waals surface area (Å²) in [5, 5.41) is 0. The fourth-order valence-electron chi connectivity index (χ4n) is 0.884. The molecule has 0 aliphatic rings. The van der Waals surface area contributed by atoms with E-state index in [1.54, 1.807) is 19.6 Å². The van der Waals surface area contributed by atoms with E-state index in [0.717, 1.165) is 6.54 Å². The van der Waals surface area contributed by atoms with Crippen LogP contribution in [0.4, 0.5) is 0 Å². The van der Waals surface area contributed by atoms with E-state index in [2.05, 4.69) is 4.98 Å². The third-order valence-corrected chi connectivity index (χ3v) is 1.68. The van der Waals surface area contributed by atoms with Gasteiger partial charge in [-0.1, -0.05) is 0 Å². The highest BCUT2D eigenvalue weighted by Crippen LogP contribution is 2.09. The lowest BCUT2D eigenvalue weighted by atomic mass is 10.1. The van der Waals surface area contributed by atoms with E-state index in [4.69, 9.17) is 4.74 Å². The van der Waals surface area contributed by atoms with Gasteiger partial charge in [0, 0.05) is 19.5 Å². The van der Waals surface area contributed by atoms with Crippen LogP contribution in [0.5, 0.6) is 0 Å². The second kappa shape index (κ2) is 3.05. The topological polar surface area (TPSA) is 27.1 Å². The maximum absolute atomic E-state index is 5.26. The molecule has 1 rings (SSSR count). The smallest absolute Gasteiger partial charge is 0.0946 e. The van der Waals surface area contributed by atoms with Gasteiger partial charge in [0.05, 0.1) is 18.5 Å². The van der Waals surface area contributed by atoms with Gasteiger partial charge in [0.15, 0.2) is 0 Å². The minimum absolute atomic E-state index is 0.110. The fraction of sp³-hybridized carbons (Fsp3) is 0.625. The molecule has 0 unspecified atom stereocenters. The molecule has 1 heterocycles. The van der Waals surface area contributed by atoms with Crippen molar-refractivity contribution in [1.82, 2.24) is 9.55 Å². The highest BCUT2D eigenvalue weighted by molar-refractivity contribution is 4.78. The maximum Gasteiger partial charge on any atom is 0.0946 e. The average molecular weight is 154 g/mol. The van der Waals surface area contributed by atoms with E-state index < -0.39 is 0 Å². The SMILES string of the molecule is COC(C)(C)Cn1ccnc1. The first-order chi connectivity index (χ1) is 5.14. The van der Waals surface area contributed by atoms with E-state index in [1.807, 2.05) is 24.6 Å². The number of aromatic nitrogens is 2. The molecule has 0 spiro atoms. The van der Waals surface area contributed by atoms with Crippen molar-refractivity contribution in [2.45, 2.75) is 26.0 Å². The van der Waals surface area contributed by atoms with Crippen molar-refractivity contribution < 1.29 is 4.74 Å². The van der Waals surface area contributed by atoms with Crippen LogP contribution < -0.4 is 0 Å². The summed E-state index contributed by atoms with van der Waals surface area (Å²) in [6.45, 7) is 4.93. The molecule has 0 aliphatic carbocycles. The predicted octanol–water partition coefficient (Wildman–Crippen LogP) is 1.31. The molecule has 0 N–H and O–H groups in total. The van der Waals surface area contributed by atoms with Gasteiger partial charge in [-0.3, -0.25) is 0 Å². The summed E-state index contributed by atoms with van der Waals surface area (Å²) in [5.41, 5.74) is -0.110. The molecule has 11 heavy (non-hydrogen) atoms. The van der Waals surface area contributed by atoms with Gasteiger partial charge in [-0.05, 0) is 13.8 Å². The maximum atomic E-state index is 5.26. The molecular formula is C8H14N2O. The first-order valence-electron chi connectivity index (χ1n) is 3.65. The summed E-state index contributed by atoms with van der Waals surface area (Å²) < 4.78 is 7.27. The molecule has 0 radical (unpaired) electrons. The quantitative estimate of drug-likeness (QED) is 0.656. The van der Waals surface area contributed by atoms with Gasteiger partial charge in [-0.25, -0.2) is 4.98 Å². The van der Waals surface area contributed by atoms with Gasteiger partial charge in [0.2, 0.25) is 0 Å². The molecule has 0 saturated carbocycles. The largest absolute Gasteiger partial charge is 0.377 e. The Kier molecular flexibility index (Phi) is 2.29. The van der Waals surface area contributed by atoms with Crippen LogP contribution >= 0.6 is 0 Å². The van der Waals surface area contributed by atoms with Crippen molar-refractivity contribution in [2.75, 3.05) is 7.11 Å². The average Bonchev–Trinajstić information content (AvgIpc) is 2.39. The lowest BCUT2D eigenvalue weighted by Gasteiger charge is -2.22. The molecule has 1 aromatic rings. The summed E-state index contributed by atoms with van der Waals surface area (Å²) in [4.78, 5) is 3.95. The van der Waals surface area contributed by atoms with Gasteiger partial charge in [0.25, 0.3) is 0 Å². The Morgan fingerprint density at radius 3 is 2.73 bits per heavy atom. The van der Waals surface area contributed by atoms with Gasteiger partial charge >= 0.3 is 0 Å². The number of ether oxygens (including phenoxy) is 1. The zero-order valence-corrected chi connectivity index (χ0v) is 7.24. The molecule has 0 aliphatic heterocycles. The molecule has 3 nitrogen and oxygen atoms in total. The number of rotatable bonds is 3. The van der Waals surface area contributed by atoms with Crippen LogP contribution in [0.2, 0.25) is 0 Å². The second-order valence-corrected chi connectivity index (χ2v) is 3.20. The molecule has 0 atom stereocenters. The summed E-state index contributed by atoms with van der Waals surface area (Å²) >= 11 is 0. The lowest BCUT2D eigenvalue weighted by molar-refractivity contribution is 0.00814. The van der Waals surface area contributed by atoms with Crippen molar-refractivity contribution in [3.05, 3.63) is 18.7 Å². The Balaban J connectivity index is 2.56. The summed E-state index contributed by atoms with van der Waals surface area (Å²) in [6.07, 6.45) is 5.49. The zero-order chi connectivity index (χ0) is 8.32. The van der Waals surface area contributed by atoms with Crippen molar-refractivity contribution in [1.29, 1.82) is 0 Å². The third kappa shape index (κ3) is 2.35. The van der Waals surface area contributed by atoms with Crippen LogP contribution in [-0.4, -0.2) is 22.3 Å². The molecule has 0 amide bonds. The molecule has 0 fully saturated rings. The number of hydrogen-bond acceptors (Lipinski definition) is 2. The molecule has 62 valence electrons. The van der Waals surface area contributed by atoms with Crippen LogP contribution in [0.15, 0.2) is 18.7 Å². The van der Waals surface area contributed by atoms with E-state index in [1.165, 1.54) is 0 Å². The van der Waals surface area contributed by atoms with Gasteiger partial charge in [0.1, 0.15) is 0 Å². The van der Waals surface area contributed by atoms with Gasteiger partial charge in [-0.15, -0.1) is 0 Å². The highest BCUT2D eigenvalue weighted by Gasteiger charge is 2.15. The van der Waals surface area contributed by atoms with Crippen LogP contribution in [0, 0.1) is 0 Å². The zero-order valence-electron chi connectivity index (χ0n) is 7.24. The van der Waals surface area contributed by atoms with Crippen LogP contribution in [0.1, 0.15) is 13.8 Å². The van der Waals surface area contributed by atoms with Crippen molar-refractivity contribution >= 4 is 0 Å². The first-order valence-corrected chi connectivity index (χ1v) is 3.65. The standard InChI is InChI=1S/C8H14N2O/c1-8(2,11-3)6-10-5-4-9-7-10/h4-5,7H,6H2,1-3H3. The minimum atomic E-state index is -0.110. The third-order valence-electron chi connectivity index (χ3n) is 1.68. The summed E-state index contributed by atoms with van der Waals surface area (Å²) in [6, 6.07) is 0. The van der Waals surface area contributed by atoms with E-state index in [9.17, 15) is 0 Å². The molecule has 0 saturated heterocycles. The van der Waals surface area contributed by atoms with E-state index >= 15 is 0 Å². The molecule has 1 aromatic heterocycles. The van der Waals surface area contributed by atoms with E-state index in [0.29, 0.717) is 0 Å². The normalized spacial score (nSPS) is 11.9. The Bertz CT molecular complexity index is 204. The minimum Gasteiger partial charge on any atom is -0.377 e. The van der Waals surface area contributed by atoms with E-state index in [-0.39, 0.29) is 5.60 Å². The number of methoxy groups -OCH3 is 1. The lowest BCUT2D eigenvalue weighted by Crippen LogP contribution is -2.28. The second-order valence-electron chi connectivity index (χ2n) is 3.20. The number of imidazole rings is 1.